The topological polar surface area (TPSA) is 53.6 Å². The lowest BCUT2D eigenvalue weighted by Gasteiger charge is -2.11. The van der Waals surface area contributed by atoms with Gasteiger partial charge in [0, 0.05) is 25.5 Å². The first-order valence-corrected chi connectivity index (χ1v) is 5.50. The van der Waals surface area contributed by atoms with Gasteiger partial charge in [-0.15, -0.1) is 0 Å². The van der Waals surface area contributed by atoms with Gasteiger partial charge in [-0.3, -0.25) is 0 Å². The highest BCUT2D eigenvalue weighted by Gasteiger charge is 2.03. The molecular formula is C13H14N4. The lowest BCUT2D eigenvalue weighted by atomic mass is 10.1. The van der Waals surface area contributed by atoms with E-state index in [0.717, 1.165) is 24.3 Å². The molecule has 1 N–H and O–H groups in total. The van der Waals surface area contributed by atoms with Crippen molar-refractivity contribution in [1.82, 2.24) is 9.55 Å². The molecular weight excluding hydrogens is 212 g/mol. The average molecular weight is 226 g/mol. The Bertz CT molecular complexity index is 523. The molecule has 0 aliphatic heterocycles. The lowest BCUT2D eigenvalue weighted by Crippen LogP contribution is -2.11. The highest BCUT2D eigenvalue weighted by atomic mass is 15.0. The van der Waals surface area contributed by atoms with E-state index in [1.165, 1.54) is 0 Å². The average Bonchev–Trinajstić information content (AvgIpc) is 2.84. The Kier molecular flexibility index (Phi) is 3.41. The van der Waals surface area contributed by atoms with Gasteiger partial charge in [0.25, 0.3) is 0 Å². The van der Waals surface area contributed by atoms with Gasteiger partial charge in [0.2, 0.25) is 0 Å². The van der Waals surface area contributed by atoms with Crippen LogP contribution in [0.25, 0.3) is 0 Å². The van der Waals surface area contributed by atoms with Gasteiger partial charge >= 0.3 is 0 Å². The second kappa shape index (κ2) is 5.17. The molecule has 0 radical (unpaired) electrons. The van der Waals surface area contributed by atoms with Gasteiger partial charge in [0.15, 0.2) is 0 Å². The van der Waals surface area contributed by atoms with Gasteiger partial charge in [-0.2, -0.15) is 5.26 Å². The van der Waals surface area contributed by atoms with Gasteiger partial charge in [0.05, 0.1) is 17.6 Å². The van der Waals surface area contributed by atoms with Crippen LogP contribution in [0.2, 0.25) is 0 Å². The standard InChI is InChI=1S/C13H14N4/c1-11-3-2-4-12(9-14)13(11)16-6-8-17-7-5-15-10-17/h2-5,7,10,16H,6,8H2,1H3. The predicted molar refractivity (Wildman–Crippen MR) is 66.6 cm³/mol. The number of aromatic nitrogens is 2. The summed E-state index contributed by atoms with van der Waals surface area (Å²) < 4.78 is 2.00. The molecule has 0 saturated heterocycles. The second-order valence-electron chi connectivity index (χ2n) is 3.84. The Hall–Kier alpha value is -2.28. The van der Waals surface area contributed by atoms with E-state index in [4.69, 9.17) is 5.26 Å². The first kappa shape index (κ1) is 11.2. The normalized spacial score (nSPS) is 9.88. The molecule has 17 heavy (non-hydrogen) atoms. The van der Waals surface area contributed by atoms with Crippen LogP contribution in [0.5, 0.6) is 0 Å². The number of rotatable bonds is 4. The third kappa shape index (κ3) is 2.64. The minimum absolute atomic E-state index is 0.690. The first-order chi connectivity index (χ1) is 8.31. The van der Waals surface area contributed by atoms with Crippen molar-refractivity contribution in [3.8, 4) is 6.07 Å². The molecule has 0 amide bonds. The summed E-state index contributed by atoms with van der Waals surface area (Å²) >= 11 is 0. The molecule has 4 nitrogen and oxygen atoms in total. The minimum atomic E-state index is 0.690. The van der Waals surface area contributed by atoms with Crippen LogP contribution in [0.15, 0.2) is 36.9 Å². The number of benzene rings is 1. The maximum absolute atomic E-state index is 9.02. The van der Waals surface area contributed by atoms with E-state index in [2.05, 4.69) is 16.4 Å². The molecule has 1 aromatic carbocycles. The smallest absolute Gasteiger partial charge is 0.101 e. The molecule has 2 aromatic rings. The van der Waals surface area contributed by atoms with Crippen LogP contribution in [-0.2, 0) is 6.54 Å². The fourth-order valence-electron chi connectivity index (χ4n) is 1.72. The minimum Gasteiger partial charge on any atom is -0.382 e. The SMILES string of the molecule is Cc1cccc(C#N)c1NCCn1ccnc1. The van der Waals surface area contributed by atoms with E-state index < -0.39 is 0 Å². The highest BCUT2D eigenvalue weighted by Crippen LogP contribution is 2.19. The van der Waals surface area contributed by atoms with Crippen molar-refractivity contribution in [1.29, 1.82) is 5.26 Å². The third-order valence-electron chi connectivity index (χ3n) is 2.62. The number of hydrogen-bond acceptors (Lipinski definition) is 3. The van der Waals surface area contributed by atoms with E-state index in [9.17, 15) is 0 Å². The van der Waals surface area contributed by atoms with Crippen molar-refractivity contribution in [2.45, 2.75) is 13.5 Å². The summed E-state index contributed by atoms with van der Waals surface area (Å²) in [6, 6.07) is 7.92. The fourth-order valence-corrected chi connectivity index (χ4v) is 1.72. The number of nitrogens with zero attached hydrogens (tertiary/aromatic N) is 3. The Morgan fingerprint density at radius 2 is 2.35 bits per heavy atom. The van der Waals surface area contributed by atoms with Crippen molar-refractivity contribution in [3.05, 3.63) is 48.0 Å². The van der Waals surface area contributed by atoms with Crippen molar-refractivity contribution in [2.75, 3.05) is 11.9 Å². The second-order valence-corrected chi connectivity index (χ2v) is 3.84. The zero-order chi connectivity index (χ0) is 12.1. The number of hydrogen-bond donors (Lipinski definition) is 1. The summed E-state index contributed by atoms with van der Waals surface area (Å²) in [6.07, 6.45) is 5.46. The number of nitriles is 1. The lowest BCUT2D eigenvalue weighted by molar-refractivity contribution is 0.726. The molecule has 0 unspecified atom stereocenters. The van der Waals surface area contributed by atoms with Crippen molar-refractivity contribution < 1.29 is 0 Å². The Morgan fingerprint density at radius 1 is 1.47 bits per heavy atom. The Balaban J connectivity index is 2.02. The Morgan fingerprint density at radius 3 is 3.06 bits per heavy atom. The molecule has 0 saturated carbocycles. The highest BCUT2D eigenvalue weighted by molar-refractivity contribution is 5.62. The maximum Gasteiger partial charge on any atom is 0.101 e. The number of para-hydroxylation sites is 1. The molecule has 0 bridgehead atoms. The molecule has 0 spiro atoms. The van der Waals surface area contributed by atoms with E-state index in [1.807, 2.05) is 35.9 Å². The Labute approximate surface area is 101 Å². The molecule has 2 rings (SSSR count). The quantitative estimate of drug-likeness (QED) is 0.869. The van der Waals surface area contributed by atoms with Gasteiger partial charge in [-0.25, -0.2) is 4.98 Å². The molecule has 0 aliphatic rings. The summed E-state index contributed by atoms with van der Waals surface area (Å²) in [4.78, 5) is 3.98. The largest absolute Gasteiger partial charge is 0.382 e. The molecule has 4 heteroatoms. The van der Waals surface area contributed by atoms with Crippen LogP contribution in [0, 0.1) is 18.3 Å². The van der Waals surface area contributed by atoms with E-state index >= 15 is 0 Å². The van der Waals surface area contributed by atoms with Crippen LogP contribution in [-0.4, -0.2) is 16.1 Å². The van der Waals surface area contributed by atoms with E-state index in [-0.39, 0.29) is 0 Å². The third-order valence-corrected chi connectivity index (χ3v) is 2.62. The number of aryl methyl sites for hydroxylation is 1. The van der Waals surface area contributed by atoms with Crippen molar-refractivity contribution in [2.24, 2.45) is 0 Å². The summed E-state index contributed by atoms with van der Waals surface area (Å²) in [6.45, 7) is 3.61. The van der Waals surface area contributed by atoms with Crippen LogP contribution >= 0.6 is 0 Å². The predicted octanol–water partition coefficient (Wildman–Crippen LogP) is 2.18. The summed E-state index contributed by atoms with van der Waals surface area (Å²) in [7, 11) is 0. The molecule has 0 fully saturated rings. The van der Waals surface area contributed by atoms with Gasteiger partial charge in [0.1, 0.15) is 6.07 Å². The number of imidazole rings is 1. The molecule has 1 heterocycles. The van der Waals surface area contributed by atoms with E-state index in [1.54, 1.807) is 12.5 Å². The summed E-state index contributed by atoms with van der Waals surface area (Å²) in [5.41, 5.74) is 2.71. The number of nitrogens with one attached hydrogen (secondary N) is 1. The van der Waals surface area contributed by atoms with Gasteiger partial charge in [-0.05, 0) is 18.6 Å². The van der Waals surface area contributed by atoms with Crippen LogP contribution in [0.3, 0.4) is 0 Å². The first-order valence-electron chi connectivity index (χ1n) is 5.50. The molecule has 0 aliphatic carbocycles. The van der Waals surface area contributed by atoms with E-state index in [0.29, 0.717) is 5.56 Å². The van der Waals surface area contributed by atoms with Crippen molar-refractivity contribution >= 4 is 5.69 Å². The summed E-state index contributed by atoms with van der Waals surface area (Å²) in [5, 5.41) is 12.3. The van der Waals surface area contributed by atoms with Crippen LogP contribution < -0.4 is 5.32 Å². The van der Waals surface area contributed by atoms with Gasteiger partial charge < -0.3 is 9.88 Å². The van der Waals surface area contributed by atoms with Crippen molar-refractivity contribution in [3.63, 3.8) is 0 Å². The molecule has 1 aromatic heterocycles. The zero-order valence-corrected chi connectivity index (χ0v) is 9.72. The molecule has 86 valence electrons. The maximum atomic E-state index is 9.02. The molecule has 0 atom stereocenters. The fraction of sp³-hybridized carbons (Fsp3) is 0.231. The summed E-state index contributed by atoms with van der Waals surface area (Å²) in [5.74, 6) is 0. The van der Waals surface area contributed by atoms with Crippen LogP contribution in [0.1, 0.15) is 11.1 Å². The monoisotopic (exact) mass is 226 g/mol. The van der Waals surface area contributed by atoms with Gasteiger partial charge in [-0.1, -0.05) is 12.1 Å². The zero-order valence-electron chi connectivity index (χ0n) is 9.72. The van der Waals surface area contributed by atoms with Crippen LogP contribution in [0.4, 0.5) is 5.69 Å². The number of anilines is 1.